The number of piperidine rings is 1. The average molecular weight is 397 g/mol. The van der Waals surface area contributed by atoms with Gasteiger partial charge in [0.25, 0.3) is 0 Å². The lowest BCUT2D eigenvalue weighted by Crippen LogP contribution is -2.34. The second-order valence-electron chi connectivity index (χ2n) is 6.67. The van der Waals surface area contributed by atoms with Gasteiger partial charge in [-0.1, -0.05) is 13.3 Å². The Labute approximate surface area is 153 Å². The van der Waals surface area contributed by atoms with E-state index < -0.39 is 0 Å². The number of Topliss-reactive ketones (excluding diaryl/α,β-unsaturated/α-hetero) is 1. The highest BCUT2D eigenvalue weighted by Crippen LogP contribution is 2.31. The number of nitrogens with zero attached hydrogens (tertiary/aromatic N) is 1. The molecule has 1 aromatic carbocycles. The molecule has 1 saturated heterocycles. The molecule has 0 spiro atoms. The van der Waals surface area contributed by atoms with Crippen molar-refractivity contribution in [1.82, 2.24) is 4.90 Å². The van der Waals surface area contributed by atoms with Crippen LogP contribution in [0.25, 0.3) is 0 Å². The molecule has 5 heteroatoms. The number of rotatable bonds is 8. The highest BCUT2D eigenvalue weighted by Gasteiger charge is 2.21. The summed E-state index contributed by atoms with van der Waals surface area (Å²) in [6.45, 7) is 5.81. The first kappa shape index (κ1) is 19.3. The van der Waals surface area contributed by atoms with E-state index in [0.29, 0.717) is 29.3 Å². The number of halogens is 1. The molecule has 4 nitrogen and oxygen atoms in total. The van der Waals surface area contributed by atoms with Crippen molar-refractivity contribution in [1.29, 1.82) is 0 Å². The minimum Gasteiger partial charge on any atom is -0.496 e. The van der Waals surface area contributed by atoms with Crippen LogP contribution in [0, 0.1) is 5.92 Å². The number of carbonyl (C=O) groups excluding carboxylic acids is 1. The molecular formula is C19H29BrN2O2. The van der Waals surface area contributed by atoms with Gasteiger partial charge in [0.05, 0.1) is 12.7 Å². The molecule has 1 fully saturated rings. The van der Waals surface area contributed by atoms with Gasteiger partial charge in [0, 0.05) is 22.6 Å². The van der Waals surface area contributed by atoms with Crippen molar-refractivity contribution in [3.63, 3.8) is 0 Å². The van der Waals surface area contributed by atoms with Crippen molar-refractivity contribution < 1.29 is 9.53 Å². The lowest BCUT2D eigenvalue weighted by molar-refractivity contribution is 0.0959. The number of hydrogen-bond acceptors (Lipinski definition) is 4. The Morgan fingerprint density at radius 3 is 2.71 bits per heavy atom. The van der Waals surface area contributed by atoms with Crippen LogP contribution in [-0.4, -0.2) is 37.4 Å². The molecule has 0 atom stereocenters. The Bertz CT molecular complexity index is 555. The second-order valence-corrected chi connectivity index (χ2v) is 7.53. The van der Waals surface area contributed by atoms with Gasteiger partial charge in [-0.05, 0) is 73.2 Å². The lowest BCUT2D eigenvalue weighted by Gasteiger charge is -2.31. The van der Waals surface area contributed by atoms with E-state index in [9.17, 15) is 4.79 Å². The molecule has 0 unspecified atom stereocenters. The maximum atomic E-state index is 12.6. The van der Waals surface area contributed by atoms with Crippen molar-refractivity contribution >= 4 is 27.4 Å². The molecule has 0 amide bonds. The zero-order valence-corrected chi connectivity index (χ0v) is 16.4. The highest BCUT2D eigenvalue weighted by molar-refractivity contribution is 9.10. The summed E-state index contributed by atoms with van der Waals surface area (Å²) in [5.74, 6) is 1.37. The third kappa shape index (κ3) is 5.21. The van der Waals surface area contributed by atoms with Crippen LogP contribution < -0.4 is 10.5 Å². The number of nitrogens with two attached hydrogens (primary N) is 1. The van der Waals surface area contributed by atoms with Crippen molar-refractivity contribution in [3.05, 3.63) is 22.2 Å². The van der Waals surface area contributed by atoms with E-state index in [2.05, 4.69) is 27.8 Å². The monoisotopic (exact) mass is 396 g/mol. The van der Waals surface area contributed by atoms with E-state index in [1.807, 2.05) is 0 Å². The summed E-state index contributed by atoms with van der Waals surface area (Å²) in [4.78, 5) is 15.1. The van der Waals surface area contributed by atoms with Crippen molar-refractivity contribution in [2.75, 3.05) is 32.5 Å². The third-order valence-electron chi connectivity index (χ3n) is 4.93. The predicted octanol–water partition coefficient (Wildman–Crippen LogP) is 4.51. The summed E-state index contributed by atoms with van der Waals surface area (Å²) in [7, 11) is 1.57. The van der Waals surface area contributed by atoms with E-state index in [1.165, 1.54) is 45.3 Å². The summed E-state index contributed by atoms with van der Waals surface area (Å²) in [6.07, 6.45) is 6.50. The normalized spacial score (nSPS) is 16.3. The Hall–Kier alpha value is -1.07. The van der Waals surface area contributed by atoms with Crippen LogP contribution in [0.5, 0.6) is 5.75 Å². The summed E-state index contributed by atoms with van der Waals surface area (Å²) in [5, 5.41) is 0. The van der Waals surface area contributed by atoms with Crippen molar-refractivity contribution in [2.24, 2.45) is 5.92 Å². The summed E-state index contributed by atoms with van der Waals surface area (Å²) >= 11 is 3.39. The van der Waals surface area contributed by atoms with E-state index in [-0.39, 0.29) is 5.78 Å². The SMILES string of the molecule is CCCCN1CCC(CCC(=O)c2cc(Br)c(N)cc2OC)CC1. The van der Waals surface area contributed by atoms with Crippen LogP contribution in [0.1, 0.15) is 55.8 Å². The van der Waals surface area contributed by atoms with Gasteiger partial charge in [0.15, 0.2) is 5.78 Å². The van der Waals surface area contributed by atoms with E-state index >= 15 is 0 Å². The molecule has 2 rings (SSSR count). The van der Waals surface area contributed by atoms with Gasteiger partial charge in [-0.15, -0.1) is 0 Å². The molecule has 1 aliphatic heterocycles. The van der Waals surface area contributed by atoms with Gasteiger partial charge in [-0.2, -0.15) is 0 Å². The standard InChI is InChI=1S/C19H29BrN2O2/c1-3-4-9-22-10-7-14(8-11-22)5-6-18(23)15-12-16(20)17(21)13-19(15)24-2/h12-14H,3-11,21H2,1-2H3. The fourth-order valence-corrected chi connectivity index (χ4v) is 3.65. The van der Waals surface area contributed by atoms with Crippen LogP contribution in [-0.2, 0) is 0 Å². The van der Waals surface area contributed by atoms with E-state index in [1.54, 1.807) is 19.2 Å². The fourth-order valence-electron chi connectivity index (χ4n) is 3.31. The number of nitrogen functional groups attached to an aromatic ring is 1. The number of unbranched alkanes of at least 4 members (excludes halogenated alkanes) is 1. The molecule has 2 N–H and O–H groups in total. The number of ether oxygens (including phenoxy) is 1. The molecule has 1 heterocycles. The highest BCUT2D eigenvalue weighted by atomic mass is 79.9. The number of methoxy groups -OCH3 is 1. The minimum atomic E-state index is 0.140. The van der Waals surface area contributed by atoms with Gasteiger partial charge in [0.1, 0.15) is 5.75 Å². The van der Waals surface area contributed by atoms with E-state index in [0.717, 1.165) is 10.9 Å². The first-order valence-corrected chi connectivity index (χ1v) is 9.73. The number of anilines is 1. The van der Waals surface area contributed by atoms with E-state index in [4.69, 9.17) is 10.5 Å². The molecule has 134 valence electrons. The number of hydrogen-bond donors (Lipinski definition) is 1. The third-order valence-corrected chi connectivity index (χ3v) is 5.62. The fraction of sp³-hybridized carbons (Fsp3) is 0.632. The smallest absolute Gasteiger partial charge is 0.166 e. The number of benzene rings is 1. The predicted molar refractivity (Wildman–Crippen MR) is 103 cm³/mol. The lowest BCUT2D eigenvalue weighted by atomic mass is 9.90. The molecule has 0 bridgehead atoms. The van der Waals surface area contributed by atoms with Gasteiger partial charge in [-0.25, -0.2) is 0 Å². The largest absolute Gasteiger partial charge is 0.496 e. The summed E-state index contributed by atoms with van der Waals surface area (Å²) < 4.78 is 6.06. The van der Waals surface area contributed by atoms with Gasteiger partial charge in [0.2, 0.25) is 0 Å². The van der Waals surface area contributed by atoms with Gasteiger partial charge < -0.3 is 15.4 Å². The summed E-state index contributed by atoms with van der Waals surface area (Å²) in [5.41, 5.74) is 7.07. The maximum absolute atomic E-state index is 12.6. The average Bonchev–Trinajstić information content (AvgIpc) is 2.60. The Morgan fingerprint density at radius 1 is 1.38 bits per heavy atom. The Kier molecular flexibility index (Phi) is 7.56. The zero-order valence-electron chi connectivity index (χ0n) is 14.8. The molecule has 0 saturated carbocycles. The maximum Gasteiger partial charge on any atom is 0.166 e. The Balaban J connectivity index is 1.85. The second kappa shape index (κ2) is 9.42. The molecular weight excluding hydrogens is 368 g/mol. The first-order valence-electron chi connectivity index (χ1n) is 8.93. The molecule has 0 aromatic heterocycles. The Morgan fingerprint density at radius 2 is 2.08 bits per heavy atom. The topological polar surface area (TPSA) is 55.6 Å². The van der Waals surface area contributed by atoms with Crippen LogP contribution in [0.2, 0.25) is 0 Å². The van der Waals surface area contributed by atoms with Crippen molar-refractivity contribution in [3.8, 4) is 5.75 Å². The molecule has 24 heavy (non-hydrogen) atoms. The zero-order chi connectivity index (χ0) is 17.5. The summed E-state index contributed by atoms with van der Waals surface area (Å²) in [6, 6.07) is 3.49. The van der Waals surface area contributed by atoms with Gasteiger partial charge in [-0.3, -0.25) is 4.79 Å². The van der Waals surface area contributed by atoms with Crippen LogP contribution >= 0.6 is 15.9 Å². The van der Waals surface area contributed by atoms with Crippen LogP contribution in [0.15, 0.2) is 16.6 Å². The number of ketones is 1. The molecule has 1 aromatic rings. The van der Waals surface area contributed by atoms with Crippen LogP contribution in [0.4, 0.5) is 5.69 Å². The minimum absolute atomic E-state index is 0.140. The first-order chi connectivity index (χ1) is 11.5. The number of likely N-dealkylation sites (tertiary alicyclic amines) is 1. The van der Waals surface area contributed by atoms with Crippen LogP contribution in [0.3, 0.4) is 0 Å². The van der Waals surface area contributed by atoms with Gasteiger partial charge >= 0.3 is 0 Å². The van der Waals surface area contributed by atoms with Crippen molar-refractivity contribution in [2.45, 2.75) is 45.4 Å². The molecule has 0 radical (unpaired) electrons. The number of carbonyl (C=O) groups is 1. The molecule has 1 aliphatic rings. The quantitative estimate of drug-likeness (QED) is 0.518. The molecule has 0 aliphatic carbocycles.